The molecule has 0 saturated heterocycles. The van der Waals surface area contributed by atoms with E-state index in [0.29, 0.717) is 23.2 Å². The van der Waals surface area contributed by atoms with Gasteiger partial charge in [-0.1, -0.05) is 30.5 Å². The largest absolute Gasteiger partial charge is 0.480 e. The number of hydrogen-bond acceptors (Lipinski definition) is 2. The molecule has 5 nitrogen and oxygen atoms in total. The number of carbonyl (C=O) groups excluding carboxylic acids is 1. The number of urea groups is 1. The van der Waals surface area contributed by atoms with Crippen LogP contribution in [0, 0.1) is 5.92 Å². The number of benzene rings is 1. The zero-order valence-corrected chi connectivity index (χ0v) is 12.5. The van der Waals surface area contributed by atoms with Crippen LogP contribution in [0.3, 0.4) is 0 Å². The smallest absolute Gasteiger partial charge is 0.323 e. The molecule has 0 radical (unpaired) electrons. The quantitative estimate of drug-likeness (QED) is 0.878. The van der Waals surface area contributed by atoms with Crippen LogP contribution < -0.4 is 10.2 Å². The van der Waals surface area contributed by atoms with Gasteiger partial charge < -0.3 is 10.4 Å². The van der Waals surface area contributed by atoms with Crippen molar-refractivity contribution in [1.82, 2.24) is 5.32 Å². The number of carboxylic acid groups (broad SMARTS) is 1. The number of nitrogens with zero attached hydrogens (tertiary/aromatic N) is 1. The molecule has 2 amide bonds. The highest BCUT2D eigenvalue weighted by molar-refractivity contribution is 6.30. The molecule has 0 aliphatic heterocycles. The van der Waals surface area contributed by atoms with Crippen molar-refractivity contribution in [3.8, 4) is 0 Å². The number of carboxylic acids is 1. The van der Waals surface area contributed by atoms with Crippen LogP contribution in [-0.2, 0) is 4.79 Å². The second-order valence-corrected chi connectivity index (χ2v) is 5.73. The van der Waals surface area contributed by atoms with Crippen LogP contribution in [-0.4, -0.2) is 30.2 Å². The first kappa shape index (κ1) is 15.6. The third-order valence-electron chi connectivity index (χ3n) is 3.68. The molecule has 1 aliphatic carbocycles. The highest BCUT2D eigenvalue weighted by Gasteiger charge is 2.21. The number of rotatable bonds is 5. The molecule has 1 fully saturated rings. The summed E-state index contributed by atoms with van der Waals surface area (Å²) in [6.07, 6.45) is 4.65. The van der Waals surface area contributed by atoms with E-state index in [9.17, 15) is 9.59 Å². The van der Waals surface area contributed by atoms with Crippen molar-refractivity contribution in [2.75, 3.05) is 18.0 Å². The number of nitrogens with one attached hydrogen (secondary N) is 1. The fraction of sp³-hybridized carbons (Fsp3) is 0.467. The highest BCUT2D eigenvalue weighted by Crippen LogP contribution is 2.24. The van der Waals surface area contributed by atoms with E-state index < -0.39 is 18.5 Å². The fourth-order valence-corrected chi connectivity index (χ4v) is 2.79. The van der Waals surface area contributed by atoms with Gasteiger partial charge in [0.1, 0.15) is 6.54 Å². The van der Waals surface area contributed by atoms with Crippen LogP contribution in [0.4, 0.5) is 10.5 Å². The van der Waals surface area contributed by atoms with E-state index in [4.69, 9.17) is 16.7 Å². The molecule has 6 heteroatoms. The van der Waals surface area contributed by atoms with Crippen molar-refractivity contribution < 1.29 is 14.7 Å². The number of amides is 2. The Hall–Kier alpha value is -1.75. The number of carbonyl (C=O) groups is 2. The van der Waals surface area contributed by atoms with Gasteiger partial charge in [0.25, 0.3) is 0 Å². The van der Waals surface area contributed by atoms with Crippen LogP contribution >= 0.6 is 11.6 Å². The molecule has 1 aliphatic rings. The third kappa shape index (κ3) is 4.63. The van der Waals surface area contributed by atoms with E-state index in [-0.39, 0.29) is 0 Å². The van der Waals surface area contributed by atoms with Gasteiger partial charge in [-0.2, -0.15) is 0 Å². The van der Waals surface area contributed by atoms with Crippen molar-refractivity contribution in [2.24, 2.45) is 5.92 Å². The molecule has 1 aromatic rings. The summed E-state index contributed by atoms with van der Waals surface area (Å²) in [4.78, 5) is 24.4. The first-order valence-corrected chi connectivity index (χ1v) is 7.47. The fourth-order valence-electron chi connectivity index (χ4n) is 2.60. The summed E-state index contributed by atoms with van der Waals surface area (Å²) < 4.78 is 0. The first-order chi connectivity index (χ1) is 10.1. The Kier molecular flexibility index (Phi) is 5.44. The Morgan fingerprint density at radius 2 is 2.05 bits per heavy atom. The minimum absolute atomic E-state index is 0.392. The molecule has 1 aromatic carbocycles. The Balaban J connectivity index is 2.03. The summed E-state index contributed by atoms with van der Waals surface area (Å²) in [7, 11) is 0. The molecule has 0 heterocycles. The van der Waals surface area contributed by atoms with Gasteiger partial charge in [-0.15, -0.1) is 0 Å². The molecular formula is C15H19ClN2O3. The standard InChI is InChI=1S/C15H19ClN2O3/c16-12-6-3-7-13(8-12)18(10-14(19)20)15(21)17-9-11-4-1-2-5-11/h3,6-8,11H,1-2,4-5,9-10H2,(H,17,21)(H,19,20). The van der Waals surface area contributed by atoms with Gasteiger partial charge in [0, 0.05) is 17.3 Å². The Morgan fingerprint density at radius 3 is 2.67 bits per heavy atom. The van der Waals surface area contributed by atoms with Gasteiger partial charge in [-0.05, 0) is 37.0 Å². The summed E-state index contributed by atoms with van der Waals surface area (Å²) in [6.45, 7) is 0.201. The molecule has 0 unspecified atom stereocenters. The zero-order chi connectivity index (χ0) is 15.2. The maximum Gasteiger partial charge on any atom is 0.323 e. The summed E-state index contributed by atoms with van der Waals surface area (Å²) in [5.41, 5.74) is 0.480. The first-order valence-electron chi connectivity index (χ1n) is 7.09. The topological polar surface area (TPSA) is 69.6 Å². The van der Waals surface area contributed by atoms with Gasteiger partial charge >= 0.3 is 12.0 Å². The SMILES string of the molecule is O=C(O)CN(C(=O)NCC1CCCC1)c1cccc(Cl)c1. The lowest BCUT2D eigenvalue weighted by molar-refractivity contribution is -0.135. The maximum absolute atomic E-state index is 12.3. The van der Waals surface area contributed by atoms with E-state index in [1.165, 1.54) is 17.7 Å². The molecule has 0 atom stereocenters. The predicted molar refractivity (Wildman–Crippen MR) is 81.8 cm³/mol. The second kappa shape index (κ2) is 7.31. The minimum atomic E-state index is -1.06. The van der Waals surface area contributed by atoms with E-state index >= 15 is 0 Å². The molecule has 2 rings (SSSR count). The zero-order valence-electron chi connectivity index (χ0n) is 11.7. The van der Waals surface area contributed by atoms with Crippen molar-refractivity contribution >= 4 is 29.3 Å². The number of anilines is 1. The molecule has 114 valence electrons. The van der Waals surface area contributed by atoms with Gasteiger partial charge in [-0.3, -0.25) is 9.69 Å². The van der Waals surface area contributed by atoms with E-state index in [1.807, 2.05) is 0 Å². The molecule has 0 spiro atoms. The molecule has 2 N–H and O–H groups in total. The normalized spacial score (nSPS) is 14.9. The van der Waals surface area contributed by atoms with Crippen molar-refractivity contribution in [2.45, 2.75) is 25.7 Å². The van der Waals surface area contributed by atoms with Crippen LogP contribution in [0.1, 0.15) is 25.7 Å². The van der Waals surface area contributed by atoms with Gasteiger partial charge in [-0.25, -0.2) is 4.79 Å². The maximum atomic E-state index is 12.3. The minimum Gasteiger partial charge on any atom is -0.480 e. The average molecular weight is 311 g/mol. The van der Waals surface area contributed by atoms with Crippen molar-refractivity contribution in [3.63, 3.8) is 0 Å². The van der Waals surface area contributed by atoms with Gasteiger partial charge in [0.2, 0.25) is 0 Å². The molecular weight excluding hydrogens is 292 g/mol. The van der Waals surface area contributed by atoms with E-state index in [2.05, 4.69) is 5.32 Å². The van der Waals surface area contributed by atoms with Crippen LogP contribution in [0.5, 0.6) is 0 Å². The van der Waals surface area contributed by atoms with Crippen LogP contribution in [0.15, 0.2) is 24.3 Å². The Bertz CT molecular complexity index is 515. The van der Waals surface area contributed by atoms with Crippen LogP contribution in [0.2, 0.25) is 5.02 Å². The molecule has 1 saturated carbocycles. The summed E-state index contributed by atoms with van der Waals surface area (Å²) in [6, 6.07) is 6.23. The summed E-state index contributed by atoms with van der Waals surface area (Å²) in [5.74, 6) is -0.564. The lowest BCUT2D eigenvalue weighted by Gasteiger charge is -2.22. The number of hydrogen-bond donors (Lipinski definition) is 2. The van der Waals surface area contributed by atoms with E-state index in [1.54, 1.807) is 24.3 Å². The van der Waals surface area contributed by atoms with Crippen LogP contribution in [0.25, 0.3) is 0 Å². The predicted octanol–water partition coefficient (Wildman–Crippen LogP) is 3.13. The summed E-state index contributed by atoms with van der Waals surface area (Å²) in [5, 5.41) is 12.3. The monoisotopic (exact) mass is 310 g/mol. The van der Waals surface area contributed by atoms with Crippen molar-refractivity contribution in [3.05, 3.63) is 29.3 Å². The lowest BCUT2D eigenvalue weighted by atomic mass is 10.1. The second-order valence-electron chi connectivity index (χ2n) is 5.30. The average Bonchev–Trinajstić information content (AvgIpc) is 2.95. The van der Waals surface area contributed by atoms with Crippen molar-refractivity contribution in [1.29, 1.82) is 0 Å². The third-order valence-corrected chi connectivity index (χ3v) is 3.91. The number of halogens is 1. The molecule has 0 bridgehead atoms. The number of aliphatic carboxylic acids is 1. The molecule has 21 heavy (non-hydrogen) atoms. The molecule has 0 aromatic heterocycles. The van der Waals surface area contributed by atoms with E-state index in [0.717, 1.165) is 12.8 Å². The highest BCUT2D eigenvalue weighted by atomic mass is 35.5. The summed E-state index contributed by atoms with van der Waals surface area (Å²) >= 11 is 5.91. The Morgan fingerprint density at radius 1 is 1.33 bits per heavy atom. The van der Waals surface area contributed by atoms with Gasteiger partial charge in [0.05, 0.1) is 0 Å². The Labute approximate surface area is 128 Å². The lowest BCUT2D eigenvalue weighted by Crippen LogP contribution is -2.44. The van der Waals surface area contributed by atoms with Gasteiger partial charge in [0.15, 0.2) is 0 Å².